The summed E-state index contributed by atoms with van der Waals surface area (Å²) in [6.07, 6.45) is 1.66. The molecule has 2 aromatic rings. The summed E-state index contributed by atoms with van der Waals surface area (Å²) in [5.74, 6) is 0.784. The van der Waals surface area contributed by atoms with Crippen LogP contribution in [0.5, 0.6) is 0 Å². The number of hydrogen-bond donors (Lipinski definition) is 2. The lowest BCUT2D eigenvalue weighted by molar-refractivity contribution is 0.281. The molecule has 0 aromatic carbocycles. The van der Waals surface area contributed by atoms with E-state index in [1.807, 2.05) is 19.9 Å². The average molecular weight is 236 g/mol. The van der Waals surface area contributed by atoms with E-state index in [1.165, 1.54) is 11.8 Å². The zero-order valence-corrected chi connectivity index (χ0v) is 9.88. The Morgan fingerprint density at radius 3 is 2.81 bits per heavy atom. The number of nitrogens with one attached hydrogen (secondary N) is 1. The second kappa shape index (κ2) is 4.63. The number of aliphatic hydroxyl groups is 1. The summed E-state index contributed by atoms with van der Waals surface area (Å²) in [5.41, 5.74) is 1.83. The number of rotatable bonds is 3. The summed E-state index contributed by atoms with van der Waals surface area (Å²) >= 11 is 1.41. The lowest BCUT2D eigenvalue weighted by Crippen LogP contribution is -1.91. The van der Waals surface area contributed by atoms with Gasteiger partial charge in [0.2, 0.25) is 5.16 Å². The summed E-state index contributed by atoms with van der Waals surface area (Å²) in [4.78, 5) is 8.46. The van der Waals surface area contributed by atoms with E-state index in [2.05, 4.69) is 20.2 Å². The van der Waals surface area contributed by atoms with Crippen LogP contribution in [0, 0.1) is 13.8 Å². The van der Waals surface area contributed by atoms with Gasteiger partial charge in [0.1, 0.15) is 10.9 Å². The van der Waals surface area contributed by atoms with E-state index in [9.17, 15) is 0 Å². The highest BCUT2D eigenvalue weighted by atomic mass is 32.2. The predicted octanol–water partition coefficient (Wildman–Crippen LogP) is 1.46. The van der Waals surface area contributed by atoms with Crippen molar-refractivity contribution in [3.63, 3.8) is 0 Å². The molecule has 2 heterocycles. The normalized spacial score (nSPS) is 10.7. The van der Waals surface area contributed by atoms with E-state index in [0.717, 1.165) is 22.0 Å². The molecule has 2 N–H and O–H groups in total. The molecule has 0 atom stereocenters. The predicted molar refractivity (Wildman–Crippen MR) is 60.1 cm³/mol. The van der Waals surface area contributed by atoms with Crippen LogP contribution < -0.4 is 0 Å². The smallest absolute Gasteiger partial charge is 0.214 e. The Balaban J connectivity index is 2.21. The van der Waals surface area contributed by atoms with Gasteiger partial charge in [0.25, 0.3) is 0 Å². The Hall–Kier alpha value is -1.40. The molecule has 84 valence electrons. The molecule has 0 unspecified atom stereocenters. The first kappa shape index (κ1) is 11.1. The topological polar surface area (TPSA) is 74.7 Å². The van der Waals surface area contributed by atoms with Crippen LogP contribution in [0.25, 0.3) is 0 Å². The van der Waals surface area contributed by atoms with Crippen molar-refractivity contribution in [2.24, 2.45) is 0 Å². The molecule has 0 fully saturated rings. The Labute approximate surface area is 97.3 Å². The molecule has 6 heteroatoms. The maximum Gasteiger partial charge on any atom is 0.214 e. The van der Waals surface area contributed by atoms with Crippen molar-refractivity contribution in [2.75, 3.05) is 0 Å². The van der Waals surface area contributed by atoms with Gasteiger partial charge in [0, 0.05) is 6.20 Å². The zero-order valence-electron chi connectivity index (χ0n) is 9.06. The van der Waals surface area contributed by atoms with Gasteiger partial charge in [0.15, 0.2) is 0 Å². The summed E-state index contributed by atoms with van der Waals surface area (Å²) in [7, 11) is 0. The van der Waals surface area contributed by atoms with Crippen LogP contribution >= 0.6 is 11.8 Å². The Bertz CT molecular complexity index is 497. The van der Waals surface area contributed by atoms with Crippen molar-refractivity contribution in [3.8, 4) is 0 Å². The standard InChI is InChI=1S/C10H12N4OS/c1-6-3-8(5-15)4-11-9(6)16-10-12-7(2)13-14-10/h3-4,15H,5H2,1-2H3,(H,12,13,14). The first-order valence-corrected chi connectivity index (χ1v) is 5.64. The van der Waals surface area contributed by atoms with Gasteiger partial charge in [-0.2, -0.15) is 0 Å². The molecule has 0 spiro atoms. The molecule has 0 bridgehead atoms. The van der Waals surface area contributed by atoms with Gasteiger partial charge in [0.05, 0.1) is 6.61 Å². The van der Waals surface area contributed by atoms with Crippen LogP contribution in [0.15, 0.2) is 22.4 Å². The van der Waals surface area contributed by atoms with Crippen LogP contribution in [0.4, 0.5) is 0 Å². The number of hydrogen-bond acceptors (Lipinski definition) is 5. The highest BCUT2D eigenvalue weighted by Gasteiger charge is 2.07. The monoisotopic (exact) mass is 236 g/mol. The number of aromatic nitrogens is 4. The minimum atomic E-state index is 0.0124. The van der Waals surface area contributed by atoms with Crippen molar-refractivity contribution in [3.05, 3.63) is 29.2 Å². The fourth-order valence-corrected chi connectivity index (χ4v) is 2.04. The largest absolute Gasteiger partial charge is 0.392 e. The van der Waals surface area contributed by atoms with Gasteiger partial charge in [-0.1, -0.05) is 0 Å². The third-order valence-corrected chi connectivity index (χ3v) is 3.02. The van der Waals surface area contributed by atoms with Gasteiger partial charge >= 0.3 is 0 Å². The van der Waals surface area contributed by atoms with Crippen LogP contribution in [-0.4, -0.2) is 25.3 Å². The maximum absolute atomic E-state index is 8.97. The molecule has 0 amide bonds. The summed E-state index contributed by atoms with van der Waals surface area (Å²) in [6.45, 7) is 3.82. The first-order valence-electron chi connectivity index (χ1n) is 4.82. The van der Waals surface area contributed by atoms with Crippen molar-refractivity contribution in [1.82, 2.24) is 20.2 Å². The minimum absolute atomic E-state index is 0.0124. The Morgan fingerprint density at radius 1 is 1.44 bits per heavy atom. The lowest BCUT2D eigenvalue weighted by Gasteiger charge is -2.03. The molecule has 0 aliphatic heterocycles. The van der Waals surface area contributed by atoms with Crippen molar-refractivity contribution >= 4 is 11.8 Å². The second-order valence-electron chi connectivity index (χ2n) is 3.43. The molecule has 0 radical (unpaired) electrons. The second-order valence-corrected chi connectivity index (χ2v) is 4.39. The average Bonchev–Trinajstić information content (AvgIpc) is 2.67. The van der Waals surface area contributed by atoms with E-state index in [4.69, 9.17) is 5.11 Å². The van der Waals surface area contributed by atoms with Gasteiger partial charge in [-0.05, 0) is 42.8 Å². The summed E-state index contributed by atoms with van der Waals surface area (Å²) in [5, 5.41) is 17.3. The number of aryl methyl sites for hydroxylation is 2. The third kappa shape index (κ3) is 2.40. The van der Waals surface area contributed by atoms with Gasteiger partial charge in [-0.25, -0.2) is 9.97 Å². The fraction of sp³-hybridized carbons (Fsp3) is 0.300. The van der Waals surface area contributed by atoms with Crippen LogP contribution in [-0.2, 0) is 6.61 Å². The molecule has 0 saturated heterocycles. The van der Waals surface area contributed by atoms with Crippen molar-refractivity contribution in [2.45, 2.75) is 30.6 Å². The number of H-pyrrole nitrogens is 1. The quantitative estimate of drug-likeness (QED) is 0.844. The first-order chi connectivity index (χ1) is 7.69. The molecule has 2 rings (SSSR count). The SMILES string of the molecule is Cc1nc(Sc2ncc(CO)cc2C)n[nH]1. The number of nitrogens with zero attached hydrogens (tertiary/aromatic N) is 3. The van der Waals surface area contributed by atoms with E-state index in [1.54, 1.807) is 6.20 Å². The molecule has 5 nitrogen and oxygen atoms in total. The number of aromatic amines is 1. The zero-order chi connectivity index (χ0) is 11.5. The molecule has 16 heavy (non-hydrogen) atoms. The highest BCUT2D eigenvalue weighted by molar-refractivity contribution is 7.99. The Kier molecular flexibility index (Phi) is 3.21. The maximum atomic E-state index is 8.97. The molecule has 2 aromatic heterocycles. The molecular formula is C10H12N4OS. The molecule has 0 saturated carbocycles. The van der Waals surface area contributed by atoms with Gasteiger partial charge in [-0.3, -0.25) is 5.10 Å². The third-order valence-electron chi connectivity index (χ3n) is 2.03. The van der Waals surface area contributed by atoms with Gasteiger partial charge in [-0.15, -0.1) is 5.10 Å². The van der Waals surface area contributed by atoms with E-state index >= 15 is 0 Å². The van der Waals surface area contributed by atoms with Crippen LogP contribution in [0.2, 0.25) is 0 Å². The van der Waals surface area contributed by atoms with Crippen LogP contribution in [0.3, 0.4) is 0 Å². The minimum Gasteiger partial charge on any atom is -0.392 e. The van der Waals surface area contributed by atoms with E-state index in [-0.39, 0.29) is 6.61 Å². The summed E-state index contributed by atoms with van der Waals surface area (Å²) in [6, 6.07) is 1.91. The molecular weight excluding hydrogens is 224 g/mol. The molecule has 0 aliphatic carbocycles. The fourth-order valence-electron chi connectivity index (χ4n) is 1.27. The lowest BCUT2D eigenvalue weighted by atomic mass is 10.2. The van der Waals surface area contributed by atoms with Gasteiger partial charge < -0.3 is 5.11 Å². The Morgan fingerprint density at radius 2 is 2.25 bits per heavy atom. The van der Waals surface area contributed by atoms with E-state index in [0.29, 0.717) is 5.16 Å². The number of pyridine rings is 1. The summed E-state index contributed by atoms with van der Waals surface area (Å²) < 4.78 is 0. The number of aliphatic hydroxyl groups excluding tert-OH is 1. The highest BCUT2D eigenvalue weighted by Crippen LogP contribution is 2.25. The van der Waals surface area contributed by atoms with Crippen molar-refractivity contribution in [1.29, 1.82) is 0 Å². The van der Waals surface area contributed by atoms with Crippen LogP contribution in [0.1, 0.15) is 17.0 Å². The van der Waals surface area contributed by atoms with Crippen molar-refractivity contribution < 1.29 is 5.11 Å². The molecule has 0 aliphatic rings. The van der Waals surface area contributed by atoms with E-state index < -0.39 is 0 Å².